The maximum absolute atomic E-state index is 13.1. The second-order valence-electron chi connectivity index (χ2n) is 10.2. The SMILES string of the molecule is C=CCCCCC(=O)OC[C@@H](NC(=O)[C@H](CC=C)CC(=O)N[C@H](CO)Cc1ccccc1)C(C)(C)C. The van der Waals surface area contributed by atoms with Crippen molar-refractivity contribution in [1.82, 2.24) is 10.6 Å². The first kappa shape index (κ1) is 31.1. The molecule has 1 aromatic rings. The molecule has 0 aliphatic heterocycles. The molecular formula is C29H44N2O5. The Morgan fingerprint density at radius 3 is 2.33 bits per heavy atom. The smallest absolute Gasteiger partial charge is 0.305 e. The molecule has 7 heteroatoms. The third kappa shape index (κ3) is 12.7. The Bertz CT molecular complexity index is 832. The average molecular weight is 501 g/mol. The molecule has 0 saturated carbocycles. The normalized spacial score (nSPS) is 13.7. The van der Waals surface area contributed by atoms with Crippen LogP contribution in [0.4, 0.5) is 0 Å². The fraction of sp³-hybridized carbons (Fsp3) is 0.552. The van der Waals surface area contributed by atoms with Crippen LogP contribution in [0.15, 0.2) is 55.6 Å². The summed E-state index contributed by atoms with van der Waals surface area (Å²) < 4.78 is 5.45. The summed E-state index contributed by atoms with van der Waals surface area (Å²) in [6.07, 6.45) is 7.00. The molecule has 7 nitrogen and oxygen atoms in total. The molecule has 36 heavy (non-hydrogen) atoms. The molecule has 0 unspecified atom stereocenters. The zero-order valence-corrected chi connectivity index (χ0v) is 22.1. The van der Waals surface area contributed by atoms with Gasteiger partial charge in [0, 0.05) is 12.8 Å². The van der Waals surface area contributed by atoms with Gasteiger partial charge in [-0.3, -0.25) is 14.4 Å². The number of ether oxygens (including phenoxy) is 1. The first-order valence-electron chi connectivity index (χ1n) is 12.7. The van der Waals surface area contributed by atoms with Gasteiger partial charge in [-0.1, -0.05) is 63.3 Å². The highest BCUT2D eigenvalue weighted by atomic mass is 16.5. The molecule has 1 aromatic carbocycles. The lowest BCUT2D eigenvalue weighted by atomic mass is 9.86. The van der Waals surface area contributed by atoms with E-state index < -0.39 is 18.0 Å². The lowest BCUT2D eigenvalue weighted by Gasteiger charge is -2.32. The number of rotatable bonds is 17. The van der Waals surface area contributed by atoms with Crippen LogP contribution in [-0.2, 0) is 25.5 Å². The van der Waals surface area contributed by atoms with Crippen molar-refractivity contribution in [2.75, 3.05) is 13.2 Å². The molecule has 0 fully saturated rings. The summed E-state index contributed by atoms with van der Waals surface area (Å²) in [5.41, 5.74) is 0.637. The first-order valence-corrected chi connectivity index (χ1v) is 12.7. The van der Waals surface area contributed by atoms with Gasteiger partial charge >= 0.3 is 5.97 Å². The van der Waals surface area contributed by atoms with Gasteiger partial charge in [-0.2, -0.15) is 0 Å². The number of nitrogens with one attached hydrogen (secondary N) is 2. The monoisotopic (exact) mass is 500 g/mol. The lowest BCUT2D eigenvalue weighted by molar-refractivity contribution is -0.146. The van der Waals surface area contributed by atoms with Crippen molar-refractivity contribution in [3.63, 3.8) is 0 Å². The third-order valence-electron chi connectivity index (χ3n) is 5.98. The maximum atomic E-state index is 13.1. The summed E-state index contributed by atoms with van der Waals surface area (Å²) in [6, 6.07) is 8.72. The molecule has 0 aliphatic rings. The van der Waals surface area contributed by atoms with Crippen LogP contribution in [-0.4, -0.2) is 48.2 Å². The molecule has 200 valence electrons. The minimum absolute atomic E-state index is 0.0386. The van der Waals surface area contributed by atoms with Crippen LogP contribution in [0, 0.1) is 11.3 Å². The highest BCUT2D eigenvalue weighted by Gasteiger charge is 2.31. The predicted octanol–water partition coefficient (Wildman–Crippen LogP) is 4.11. The van der Waals surface area contributed by atoms with E-state index >= 15 is 0 Å². The highest BCUT2D eigenvalue weighted by molar-refractivity contribution is 5.86. The molecule has 0 heterocycles. The van der Waals surface area contributed by atoms with E-state index in [4.69, 9.17) is 4.74 Å². The minimum atomic E-state index is -0.627. The van der Waals surface area contributed by atoms with E-state index in [1.165, 1.54) is 0 Å². The summed E-state index contributed by atoms with van der Waals surface area (Å²) in [4.78, 5) is 38.0. The van der Waals surface area contributed by atoms with Crippen LogP contribution in [0.1, 0.15) is 64.9 Å². The largest absolute Gasteiger partial charge is 0.463 e. The van der Waals surface area contributed by atoms with Gasteiger partial charge in [0.2, 0.25) is 11.8 Å². The topological polar surface area (TPSA) is 105 Å². The molecule has 0 aliphatic carbocycles. The highest BCUT2D eigenvalue weighted by Crippen LogP contribution is 2.21. The zero-order valence-electron chi connectivity index (χ0n) is 22.1. The Morgan fingerprint density at radius 2 is 1.75 bits per heavy atom. The fourth-order valence-electron chi connectivity index (χ4n) is 3.66. The van der Waals surface area contributed by atoms with Crippen molar-refractivity contribution in [3.8, 4) is 0 Å². The van der Waals surface area contributed by atoms with Gasteiger partial charge in [0.1, 0.15) is 6.61 Å². The number of esters is 1. The van der Waals surface area contributed by atoms with Gasteiger partial charge in [-0.15, -0.1) is 13.2 Å². The van der Waals surface area contributed by atoms with E-state index in [0.29, 0.717) is 19.3 Å². The standard InChI is InChI=1S/C29H44N2O5/c1-6-8-9-13-17-27(34)36-21-25(29(3,4)5)31-28(35)23(14-7-2)19-26(33)30-24(20-32)18-22-15-11-10-12-16-22/h6-7,10-12,15-16,23-25,32H,1-2,8-9,13-14,17-21H2,3-5H3,(H,30,33)(H,31,35)/t23-,24+,25-/m1/s1. The van der Waals surface area contributed by atoms with Crippen molar-refractivity contribution in [2.24, 2.45) is 11.3 Å². The molecular weight excluding hydrogens is 456 g/mol. The molecule has 0 bridgehead atoms. The average Bonchev–Trinajstić information content (AvgIpc) is 2.83. The van der Waals surface area contributed by atoms with Crippen LogP contribution in [0.3, 0.4) is 0 Å². The van der Waals surface area contributed by atoms with Crippen molar-refractivity contribution in [2.45, 2.75) is 77.8 Å². The van der Waals surface area contributed by atoms with E-state index in [-0.39, 0.29) is 42.8 Å². The van der Waals surface area contributed by atoms with Gasteiger partial charge in [0.25, 0.3) is 0 Å². The van der Waals surface area contributed by atoms with E-state index in [1.54, 1.807) is 6.08 Å². The van der Waals surface area contributed by atoms with E-state index in [0.717, 1.165) is 24.8 Å². The number of carbonyl (C=O) groups excluding carboxylic acids is 3. The molecule has 3 atom stereocenters. The van der Waals surface area contributed by atoms with Crippen molar-refractivity contribution in [1.29, 1.82) is 0 Å². The number of hydrogen-bond donors (Lipinski definition) is 3. The lowest BCUT2D eigenvalue weighted by Crippen LogP contribution is -2.50. The maximum Gasteiger partial charge on any atom is 0.305 e. The summed E-state index contributed by atoms with van der Waals surface area (Å²) in [7, 11) is 0. The number of unbranched alkanes of at least 4 members (excludes halogenated alkanes) is 2. The number of hydrogen-bond acceptors (Lipinski definition) is 5. The van der Waals surface area contributed by atoms with Crippen molar-refractivity contribution in [3.05, 3.63) is 61.2 Å². The van der Waals surface area contributed by atoms with Crippen LogP contribution < -0.4 is 10.6 Å². The van der Waals surface area contributed by atoms with Crippen LogP contribution in [0.25, 0.3) is 0 Å². The molecule has 0 radical (unpaired) electrons. The molecule has 0 spiro atoms. The third-order valence-corrected chi connectivity index (χ3v) is 5.98. The Morgan fingerprint density at radius 1 is 1.06 bits per heavy atom. The number of allylic oxidation sites excluding steroid dienone is 2. The number of amides is 2. The van der Waals surface area contributed by atoms with Crippen LogP contribution in [0.5, 0.6) is 0 Å². The Balaban J connectivity index is 2.70. The summed E-state index contributed by atoms with van der Waals surface area (Å²) >= 11 is 0. The van der Waals surface area contributed by atoms with Gasteiger partial charge in [0.05, 0.1) is 24.6 Å². The van der Waals surface area contributed by atoms with E-state index in [9.17, 15) is 19.5 Å². The predicted molar refractivity (Wildman–Crippen MR) is 143 cm³/mol. The van der Waals surface area contributed by atoms with Crippen LogP contribution in [0.2, 0.25) is 0 Å². The quantitative estimate of drug-likeness (QED) is 0.170. The number of carbonyl (C=O) groups is 3. The second kappa shape index (κ2) is 16.7. The Hall–Kier alpha value is -2.93. The first-order chi connectivity index (χ1) is 17.1. The second-order valence-corrected chi connectivity index (χ2v) is 10.2. The summed E-state index contributed by atoms with van der Waals surface area (Å²) in [5, 5.41) is 15.5. The molecule has 3 N–H and O–H groups in total. The Kier molecular flexibility index (Phi) is 14.4. The molecule has 1 rings (SSSR count). The van der Waals surface area contributed by atoms with Gasteiger partial charge in [-0.25, -0.2) is 0 Å². The number of benzene rings is 1. The van der Waals surface area contributed by atoms with Gasteiger partial charge < -0.3 is 20.5 Å². The molecule has 0 aromatic heterocycles. The number of aliphatic hydroxyl groups excluding tert-OH is 1. The van der Waals surface area contributed by atoms with Crippen molar-refractivity contribution >= 4 is 17.8 Å². The molecule has 2 amide bonds. The van der Waals surface area contributed by atoms with E-state index in [1.807, 2.05) is 57.2 Å². The Labute approximate surface area is 216 Å². The summed E-state index contributed by atoms with van der Waals surface area (Å²) in [6.45, 7) is 13.1. The van der Waals surface area contributed by atoms with Crippen LogP contribution >= 0.6 is 0 Å². The minimum Gasteiger partial charge on any atom is -0.463 e. The van der Waals surface area contributed by atoms with Gasteiger partial charge in [-0.05, 0) is 43.1 Å². The fourth-order valence-corrected chi connectivity index (χ4v) is 3.66. The number of aliphatic hydroxyl groups is 1. The summed E-state index contributed by atoms with van der Waals surface area (Å²) in [5.74, 6) is -1.53. The van der Waals surface area contributed by atoms with Crippen molar-refractivity contribution < 1.29 is 24.2 Å². The van der Waals surface area contributed by atoms with Gasteiger partial charge in [0.15, 0.2) is 0 Å². The van der Waals surface area contributed by atoms with E-state index in [2.05, 4.69) is 23.8 Å². The molecule has 0 saturated heterocycles. The zero-order chi connectivity index (χ0) is 27.0.